The maximum atomic E-state index is 12.8. The third kappa shape index (κ3) is 3.41. The first-order valence-corrected chi connectivity index (χ1v) is 5.81. The fourth-order valence-electron chi connectivity index (χ4n) is 1.12. The lowest BCUT2D eigenvalue weighted by molar-refractivity contribution is -0.142. The van der Waals surface area contributed by atoms with Crippen LogP contribution < -0.4 is 5.73 Å². The van der Waals surface area contributed by atoms with Crippen LogP contribution in [0.3, 0.4) is 0 Å². The van der Waals surface area contributed by atoms with Gasteiger partial charge in [0.1, 0.15) is 11.1 Å². The number of nitrogen functional groups attached to an aromatic ring is 1. The van der Waals surface area contributed by atoms with E-state index in [1.807, 2.05) is 0 Å². The molecule has 1 aromatic rings. The minimum atomic E-state index is -0.384. The van der Waals surface area contributed by atoms with E-state index in [9.17, 15) is 9.18 Å². The highest BCUT2D eigenvalue weighted by Crippen LogP contribution is 2.29. The van der Waals surface area contributed by atoms with E-state index in [2.05, 4.69) is 0 Å². The zero-order valence-electron chi connectivity index (χ0n) is 9.20. The van der Waals surface area contributed by atoms with Gasteiger partial charge in [0, 0.05) is 10.6 Å². The van der Waals surface area contributed by atoms with Crippen molar-refractivity contribution in [1.82, 2.24) is 0 Å². The largest absolute Gasteiger partial charge is 0.465 e. The van der Waals surface area contributed by atoms with Crippen LogP contribution >= 0.6 is 11.8 Å². The third-order valence-corrected chi connectivity index (χ3v) is 3.07. The molecule has 0 fully saturated rings. The van der Waals surface area contributed by atoms with Crippen LogP contribution in [-0.2, 0) is 9.53 Å². The normalized spacial score (nSPS) is 12.2. The SMILES string of the molecule is CCOC(=O)C(C)Sc1ccc(F)cc1N. The van der Waals surface area contributed by atoms with Crippen molar-refractivity contribution < 1.29 is 13.9 Å². The van der Waals surface area contributed by atoms with Gasteiger partial charge in [-0.1, -0.05) is 0 Å². The van der Waals surface area contributed by atoms with Gasteiger partial charge in [-0.05, 0) is 32.0 Å². The van der Waals surface area contributed by atoms with Crippen molar-refractivity contribution >= 4 is 23.4 Å². The van der Waals surface area contributed by atoms with Gasteiger partial charge in [0.15, 0.2) is 0 Å². The summed E-state index contributed by atoms with van der Waals surface area (Å²) in [5, 5.41) is -0.354. The van der Waals surface area contributed by atoms with E-state index in [4.69, 9.17) is 10.5 Å². The van der Waals surface area contributed by atoms with Gasteiger partial charge in [-0.2, -0.15) is 0 Å². The number of thioether (sulfide) groups is 1. The number of esters is 1. The Balaban J connectivity index is 2.69. The molecule has 0 aliphatic heterocycles. The molecule has 0 saturated heterocycles. The second-order valence-corrected chi connectivity index (χ2v) is 4.58. The molecular weight excluding hydrogens is 229 g/mol. The van der Waals surface area contributed by atoms with Crippen LogP contribution in [0.4, 0.5) is 10.1 Å². The molecule has 0 amide bonds. The van der Waals surface area contributed by atoms with Crippen molar-refractivity contribution in [3.8, 4) is 0 Å². The van der Waals surface area contributed by atoms with E-state index in [0.717, 1.165) is 0 Å². The molecule has 0 aliphatic rings. The van der Waals surface area contributed by atoms with E-state index in [0.29, 0.717) is 17.2 Å². The van der Waals surface area contributed by atoms with Gasteiger partial charge >= 0.3 is 5.97 Å². The highest BCUT2D eigenvalue weighted by atomic mass is 32.2. The molecule has 2 N–H and O–H groups in total. The summed E-state index contributed by atoms with van der Waals surface area (Å²) < 4.78 is 17.6. The minimum absolute atomic E-state index is 0.295. The number of anilines is 1. The Kier molecular flexibility index (Phi) is 4.61. The Hall–Kier alpha value is -1.23. The second kappa shape index (κ2) is 5.75. The molecule has 1 aromatic carbocycles. The van der Waals surface area contributed by atoms with E-state index in [1.54, 1.807) is 19.9 Å². The molecule has 1 atom stereocenters. The first-order chi connectivity index (χ1) is 7.54. The summed E-state index contributed by atoms with van der Waals surface area (Å²) in [6.07, 6.45) is 0. The maximum absolute atomic E-state index is 12.8. The first kappa shape index (κ1) is 12.8. The van der Waals surface area contributed by atoms with Gasteiger partial charge in [-0.3, -0.25) is 4.79 Å². The average Bonchev–Trinajstić information content (AvgIpc) is 2.22. The fraction of sp³-hybridized carbons (Fsp3) is 0.364. The molecule has 0 aromatic heterocycles. The number of hydrogen-bond acceptors (Lipinski definition) is 4. The highest BCUT2D eigenvalue weighted by Gasteiger charge is 2.16. The Morgan fingerprint density at radius 3 is 2.88 bits per heavy atom. The zero-order chi connectivity index (χ0) is 12.1. The smallest absolute Gasteiger partial charge is 0.319 e. The number of carbonyl (C=O) groups is 1. The van der Waals surface area contributed by atoms with Crippen molar-refractivity contribution in [2.75, 3.05) is 12.3 Å². The van der Waals surface area contributed by atoms with E-state index < -0.39 is 0 Å². The summed E-state index contributed by atoms with van der Waals surface area (Å²) in [4.78, 5) is 12.1. The molecule has 0 bridgehead atoms. The summed E-state index contributed by atoms with van der Waals surface area (Å²) in [5.41, 5.74) is 5.97. The molecule has 0 aliphatic carbocycles. The summed E-state index contributed by atoms with van der Waals surface area (Å²) in [7, 11) is 0. The van der Waals surface area contributed by atoms with Crippen LogP contribution in [0, 0.1) is 5.82 Å². The maximum Gasteiger partial charge on any atom is 0.319 e. The number of ether oxygens (including phenoxy) is 1. The summed E-state index contributed by atoms with van der Waals surface area (Å²) in [6.45, 7) is 3.83. The molecule has 0 heterocycles. The van der Waals surface area contributed by atoms with Crippen LogP contribution in [0.25, 0.3) is 0 Å². The predicted molar refractivity (Wildman–Crippen MR) is 62.8 cm³/mol. The van der Waals surface area contributed by atoms with Crippen molar-refractivity contribution in [2.45, 2.75) is 24.0 Å². The molecule has 3 nitrogen and oxygen atoms in total. The van der Waals surface area contributed by atoms with Crippen molar-refractivity contribution in [2.24, 2.45) is 0 Å². The molecule has 5 heteroatoms. The van der Waals surface area contributed by atoms with Crippen LogP contribution in [0.1, 0.15) is 13.8 Å². The van der Waals surface area contributed by atoms with Crippen LogP contribution in [0.2, 0.25) is 0 Å². The lowest BCUT2D eigenvalue weighted by Gasteiger charge is -2.11. The molecule has 0 spiro atoms. The number of nitrogens with two attached hydrogens (primary N) is 1. The number of benzene rings is 1. The molecule has 1 unspecified atom stereocenters. The van der Waals surface area contributed by atoms with Gasteiger partial charge < -0.3 is 10.5 Å². The van der Waals surface area contributed by atoms with Crippen LogP contribution in [0.5, 0.6) is 0 Å². The Morgan fingerprint density at radius 2 is 2.31 bits per heavy atom. The standard InChI is InChI=1S/C11H14FNO2S/c1-3-15-11(14)7(2)16-10-5-4-8(12)6-9(10)13/h4-7H,3,13H2,1-2H3. The lowest BCUT2D eigenvalue weighted by atomic mass is 10.3. The Bertz CT molecular complexity index is 384. The topological polar surface area (TPSA) is 52.3 Å². The highest BCUT2D eigenvalue weighted by molar-refractivity contribution is 8.00. The number of hydrogen-bond donors (Lipinski definition) is 1. The molecule has 88 valence electrons. The van der Waals surface area contributed by atoms with Gasteiger partial charge in [0.2, 0.25) is 0 Å². The third-order valence-electron chi connectivity index (χ3n) is 1.89. The monoisotopic (exact) mass is 243 g/mol. The Morgan fingerprint density at radius 1 is 1.62 bits per heavy atom. The second-order valence-electron chi connectivity index (χ2n) is 3.19. The predicted octanol–water partition coefficient (Wildman–Crippen LogP) is 2.45. The molecule has 16 heavy (non-hydrogen) atoms. The fourth-order valence-corrected chi connectivity index (χ4v) is 2.01. The lowest BCUT2D eigenvalue weighted by Crippen LogP contribution is -2.16. The van der Waals surface area contributed by atoms with Gasteiger partial charge in [-0.25, -0.2) is 4.39 Å². The van der Waals surface area contributed by atoms with Crippen molar-refractivity contribution in [3.05, 3.63) is 24.0 Å². The average molecular weight is 243 g/mol. The first-order valence-electron chi connectivity index (χ1n) is 4.93. The Labute approximate surface area is 98.2 Å². The molecule has 1 rings (SSSR count). The summed E-state index contributed by atoms with van der Waals surface area (Å²) in [5.74, 6) is -0.679. The molecule has 0 saturated carbocycles. The number of rotatable bonds is 4. The minimum Gasteiger partial charge on any atom is -0.465 e. The van der Waals surface area contributed by atoms with Crippen molar-refractivity contribution in [1.29, 1.82) is 0 Å². The van der Waals surface area contributed by atoms with E-state index in [1.165, 1.54) is 23.9 Å². The summed E-state index contributed by atoms with van der Waals surface area (Å²) in [6, 6.07) is 4.11. The van der Waals surface area contributed by atoms with Gasteiger partial charge in [-0.15, -0.1) is 11.8 Å². The molecular formula is C11H14FNO2S. The quantitative estimate of drug-likeness (QED) is 0.501. The van der Waals surface area contributed by atoms with E-state index in [-0.39, 0.29) is 17.0 Å². The van der Waals surface area contributed by atoms with Gasteiger partial charge in [0.05, 0.1) is 6.61 Å². The molecule has 0 radical (unpaired) electrons. The number of carbonyl (C=O) groups excluding carboxylic acids is 1. The zero-order valence-corrected chi connectivity index (χ0v) is 10.0. The van der Waals surface area contributed by atoms with Gasteiger partial charge in [0.25, 0.3) is 0 Å². The van der Waals surface area contributed by atoms with Crippen molar-refractivity contribution in [3.63, 3.8) is 0 Å². The summed E-state index contributed by atoms with van der Waals surface area (Å²) >= 11 is 1.26. The van der Waals surface area contributed by atoms with Crippen LogP contribution in [-0.4, -0.2) is 17.8 Å². The van der Waals surface area contributed by atoms with E-state index >= 15 is 0 Å². The van der Waals surface area contributed by atoms with Crippen LogP contribution in [0.15, 0.2) is 23.1 Å². The number of halogens is 1.